The van der Waals surface area contributed by atoms with E-state index in [1.807, 2.05) is 25.9 Å². The Hall–Kier alpha value is -1.30. The van der Waals surface area contributed by atoms with Crippen LogP contribution < -0.4 is 0 Å². The fraction of sp³-hybridized carbons (Fsp3) is 0.943. The van der Waals surface area contributed by atoms with Crippen molar-refractivity contribution in [2.24, 2.45) is 17.8 Å². The van der Waals surface area contributed by atoms with E-state index in [1.54, 1.807) is 27.7 Å². The largest absolute Gasteiger partial charge is 0.459 e. The van der Waals surface area contributed by atoms with Crippen molar-refractivity contribution >= 4 is 11.8 Å². The van der Waals surface area contributed by atoms with E-state index < -0.39 is 96.3 Å². The molecule has 286 valence electrons. The average Bonchev–Trinajstić information content (AvgIpc) is 3.04. The van der Waals surface area contributed by atoms with Crippen LogP contribution in [0.15, 0.2) is 0 Å². The predicted molar refractivity (Wildman–Crippen MR) is 177 cm³/mol. The number of esters is 1. The summed E-state index contributed by atoms with van der Waals surface area (Å²) in [5, 5.41) is 44.6. The number of ketones is 1. The number of Topliss-reactive ketones (excluding diaryl/α,β-unsaturated/α-hetero) is 1. The molecule has 3 heterocycles. The number of likely N-dealkylation sites (N-methyl/N-ethyl adjacent to an activating group) is 1. The maximum atomic E-state index is 13.8. The molecule has 3 rings (SSSR count). The molecule has 0 radical (unpaired) electrons. The molecule has 3 fully saturated rings. The van der Waals surface area contributed by atoms with Crippen molar-refractivity contribution in [3.8, 4) is 0 Å². The lowest BCUT2D eigenvalue weighted by molar-refractivity contribution is -0.302. The highest BCUT2D eigenvalue weighted by molar-refractivity contribution is 5.83. The van der Waals surface area contributed by atoms with Gasteiger partial charge in [0.15, 0.2) is 12.6 Å². The molecule has 0 aliphatic carbocycles. The summed E-state index contributed by atoms with van der Waals surface area (Å²) >= 11 is 0. The zero-order chi connectivity index (χ0) is 37.2. The Bertz CT molecular complexity index is 1090. The minimum Gasteiger partial charge on any atom is -0.459 e. The number of methoxy groups -OCH3 is 2. The van der Waals surface area contributed by atoms with E-state index in [1.165, 1.54) is 35.0 Å². The van der Waals surface area contributed by atoms with Crippen molar-refractivity contribution in [1.29, 1.82) is 0 Å². The highest BCUT2D eigenvalue weighted by atomic mass is 16.7. The zero-order valence-electron chi connectivity index (χ0n) is 31.4. The molecule has 0 amide bonds. The predicted octanol–water partition coefficient (Wildman–Crippen LogP) is 1.41. The Balaban J connectivity index is 2.12. The minimum absolute atomic E-state index is 0.00645. The number of cyclic esters (lactones) is 1. The monoisotopic (exact) mass is 705 g/mol. The van der Waals surface area contributed by atoms with Crippen LogP contribution in [0.1, 0.15) is 81.1 Å². The van der Waals surface area contributed by atoms with Crippen LogP contribution in [-0.4, -0.2) is 150 Å². The first-order valence-corrected chi connectivity index (χ1v) is 17.5. The van der Waals surface area contributed by atoms with E-state index in [4.69, 9.17) is 33.2 Å². The molecule has 0 spiro atoms. The smallest absolute Gasteiger partial charge is 0.311 e. The maximum Gasteiger partial charge on any atom is 0.311 e. The summed E-state index contributed by atoms with van der Waals surface area (Å²) < 4.78 is 42.7. The SMILES string of the molecule is COC1CC(OC2CC(OC3OC(C)CC(N(C)C)C3O)C(C)(OC)CC(C)C(=O)C(C)C(O)C(C)(O)C(C)OC(=O)C2C)OC(C)C1O. The van der Waals surface area contributed by atoms with Crippen LogP contribution >= 0.6 is 0 Å². The van der Waals surface area contributed by atoms with Crippen molar-refractivity contribution in [1.82, 2.24) is 4.90 Å². The summed E-state index contributed by atoms with van der Waals surface area (Å²) in [7, 11) is 6.73. The van der Waals surface area contributed by atoms with Gasteiger partial charge in [-0.25, -0.2) is 0 Å². The molecule has 17 unspecified atom stereocenters. The van der Waals surface area contributed by atoms with Crippen molar-refractivity contribution in [3.05, 3.63) is 0 Å². The van der Waals surface area contributed by atoms with Gasteiger partial charge < -0.3 is 58.5 Å². The summed E-state index contributed by atoms with van der Waals surface area (Å²) in [6.07, 6.45) is -9.15. The second-order valence-electron chi connectivity index (χ2n) is 15.2. The maximum absolute atomic E-state index is 13.8. The van der Waals surface area contributed by atoms with Gasteiger partial charge in [0.2, 0.25) is 0 Å². The molecule has 0 aromatic carbocycles. The second-order valence-corrected chi connectivity index (χ2v) is 15.2. The number of aliphatic hydroxyl groups excluding tert-OH is 3. The van der Waals surface area contributed by atoms with Crippen LogP contribution in [0, 0.1) is 17.8 Å². The van der Waals surface area contributed by atoms with E-state index in [2.05, 4.69) is 0 Å². The van der Waals surface area contributed by atoms with Gasteiger partial charge in [0.05, 0.1) is 48.1 Å². The third kappa shape index (κ3) is 9.58. The van der Waals surface area contributed by atoms with Crippen molar-refractivity contribution < 1.29 is 63.2 Å². The van der Waals surface area contributed by atoms with Gasteiger partial charge in [-0.05, 0) is 68.5 Å². The molecule has 17 atom stereocenters. The number of rotatable bonds is 7. The Labute approximate surface area is 291 Å². The molecule has 4 N–H and O–H groups in total. The van der Waals surface area contributed by atoms with Crippen LogP contribution in [0.4, 0.5) is 0 Å². The topological polar surface area (TPSA) is 183 Å². The molecule has 14 heteroatoms. The average molecular weight is 706 g/mol. The highest BCUT2D eigenvalue weighted by Crippen LogP contribution is 2.38. The first-order chi connectivity index (χ1) is 22.7. The third-order valence-electron chi connectivity index (χ3n) is 11.2. The van der Waals surface area contributed by atoms with E-state index in [0.717, 1.165) is 0 Å². The van der Waals surface area contributed by atoms with Crippen LogP contribution in [0.25, 0.3) is 0 Å². The molecular weight excluding hydrogens is 642 g/mol. The zero-order valence-corrected chi connectivity index (χ0v) is 31.4. The molecule has 14 nitrogen and oxygen atoms in total. The molecule has 3 saturated heterocycles. The Morgan fingerprint density at radius 2 is 1.47 bits per heavy atom. The Morgan fingerprint density at radius 3 is 2.04 bits per heavy atom. The van der Waals surface area contributed by atoms with Gasteiger partial charge in [-0.1, -0.05) is 13.8 Å². The normalized spacial score (nSPS) is 48.2. The number of carbonyl (C=O) groups excluding carboxylic acids is 2. The Kier molecular flexibility index (Phi) is 14.6. The number of ether oxygens (including phenoxy) is 7. The summed E-state index contributed by atoms with van der Waals surface area (Å²) in [6, 6.07) is -0.270. The Morgan fingerprint density at radius 1 is 0.837 bits per heavy atom. The van der Waals surface area contributed by atoms with Crippen LogP contribution in [-0.2, 0) is 42.7 Å². The summed E-state index contributed by atoms with van der Waals surface area (Å²) in [5.41, 5.74) is -3.17. The second kappa shape index (κ2) is 17.0. The molecule has 0 aromatic rings. The van der Waals surface area contributed by atoms with Gasteiger partial charge in [-0.15, -0.1) is 0 Å². The minimum atomic E-state index is -1.96. The highest BCUT2D eigenvalue weighted by Gasteiger charge is 2.50. The number of hydrogen-bond donors (Lipinski definition) is 4. The van der Waals surface area contributed by atoms with E-state index in [-0.39, 0.29) is 37.2 Å². The molecular formula is C35H63NO13. The summed E-state index contributed by atoms with van der Waals surface area (Å²) in [4.78, 5) is 29.5. The lowest BCUT2D eigenvalue weighted by Crippen LogP contribution is -2.59. The number of aliphatic hydroxyl groups is 4. The van der Waals surface area contributed by atoms with Crippen molar-refractivity contribution in [3.63, 3.8) is 0 Å². The van der Waals surface area contributed by atoms with Crippen LogP contribution in [0.3, 0.4) is 0 Å². The molecule has 3 aliphatic rings. The van der Waals surface area contributed by atoms with Crippen molar-refractivity contribution in [2.75, 3.05) is 28.3 Å². The molecule has 3 aliphatic heterocycles. The van der Waals surface area contributed by atoms with Gasteiger partial charge in [-0.3, -0.25) is 9.59 Å². The van der Waals surface area contributed by atoms with Gasteiger partial charge in [0, 0.05) is 44.9 Å². The molecule has 0 saturated carbocycles. The van der Waals surface area contributed by atoms with E-state index in [0.29, 0.717) is 6.42 Å². The quantitative estimate of drug-likeness (QED) is 0.279. The first kappa shape index (κ1) is 42.1. The molecule has 0 bridgehead atoms. The number of hydrogen-bond acceptors (Lipinski definition) is 14. The number of nitrogens with zero attached hydrogens (tertiary/aromatic N) is 1. The standard InChI is InChI=1S/C35H63NO13/c1-17-16-34(7,44-12)26(49-33-30(39)23(36(9)10)13-18(2)45-33)14-24(48-27-15-25(43-11)29(38)21(5)46-27)19(3)32(41)47-22(6)35(8,42)31(40)20(4)28(17)37/h17-27,29-31,33,38-40,42H,13-16H2,1-12H3. The lowest BCUT2D eigenvalue weighted by Gasteiger charge is -2.47. The van der Waals surface area contributed by atoms with E-state index >= 15 is 0 Å². The molecule has 0 aromatic heterocycles. The summed E-state index contributed by atoms with van der Waals surface area (Å²) in [5.74, 6) is -3.71. The third-order valence-corrected chi connectivity index (χ3v) is 11.2. The fourth-order valence-corrected chi connectivity index (χ4v) is 7.34. The van der Waals surface area contributed by atoms with E-state index in [9.17, 15) is 30.0 Å². The summed E-state index contributed by atoms with van der Waals surface area (Å²) in [6.45, 7) is 13.1. The van der Waals surface area contributed by atoms with Gasteiger partial charge in [0.25, 0.3) is 0 Å². The first-order valence-electron chi connectivity index (χ1n) is 17.5. The van der Waals surface area contributed by atoms with Gasteiger partial charge in [0.1, 0.15) is 29.7 Å². The number of carbonyl (C=O) groups is 2. The fourth-order valence-electron chi connectivity index (χ4n) is 7.34. The van der Waals surface area contributed by atoms with Gasteiger partial charge >= 0.3 is 5.97 Å². The van der Waals surface area contributed by atoms with Crippen LogP contribution in [0.2, 0.25) is 0 Å². The van der Waals surface area contributed by atoms with Crippen molar-refractivity contribution in [2.45, 2.75) is 166 Å². The van der Waals surface area contributed by atoms with Gasteiger partial charge in [-0.2, -0.15) is 0 Å². The lowest BCUT2D eigenvalue weighted by atomic mass is 9.76. The molecule has 49 heavy (non-hydrogen) atoms. The van der Waals surface area contributed by atoms with Crippen LogP contribution in [0.5, 0.6) is 0 Å².